The normalized spacial score (nSPS) is 39.4. The maximum atomic E-state index is 13.4. The van der Waals surface area contributed by atoms with E-state index in [9.17, 15) is 27.1 Å². The van der Waals surface area contributed by atoms with Crippen molar-refractivity contribution in [2.24, 2.45) is 35.5 Å². The van der Waals surface area contributed by atoms with Gasteiger partial charge in [0.25, 0.3) is 0 Å². The van der Waals surface area contributed by atoms with E-state index < -0.39 is 39.5 Å². The largest absolute Gasteiger partial charge is 0.458 e. The number of carbonyl (C=O) groups is 1. The second-order valence-corrected chi connectivity index (χ2v) is 10.3. The molecule has 4 aliphatic rings. The van der Waals surface area contributed by atoms with Gasteiger partial charge in [-0.3, -0.25) is 9.35 Å². The Balaban J connectivity index is 1.78. The standard InChI is InChI=1S/C17H26F2O6S/c1-9(2)7-16(21)12-4-10-3-11(6-12)14(13(16)5-10)15(20)25-8-17(18,19)26(22,23)24/h9-14,21H,3-8H2,1-2H3,(H,22,23,24). The minimum absolute atomic E-state index is 0.0307. The summed E-state index contributed by atoms with van der Waals surface area (Å²) >= 11 is 0. The molecule has 9 heteroatoms. The zero-order chi connectivity index (χ0) is 19.5. The van der Waals surface area contributed by atoms with Crippen LogP contribution in [0.4, 0.5) is 8.78 Å². The first-order chi connectivity index (χ1) is 11.8. The van der Waals surface area contributed by atoms with E-state index in [1.54, 1.807) is 0 Å². The molecule has 0 heterocycles. The van der Waals surface area contributed by atoms with Gasteiger partial charge in [-0.25, -0.2) is 0 Å². The minimum Gasteiger partial charge on any atom is -0.458 e. The summed E-state index contributed by atoms with van der Waals surface area (Å²) in [6.45, 7) is 2.27. The highest BCUT2D eigenvalue weighted by Gasteiger charge is 2.63. The Hall–Kier alpha value is -0.800. The van der Waals surface area contributed by atoms with Crippen molar-refractivity contribution in [1.29, 1.82) is 0 Å². The zero-order valence-corrected chi connectivity index (χ0v) is 15.7. The van der Waals surface area contributed by atoms with Gasteiger partial charge in [-0.15, -0.1) is 0 Å². The van der Waals surface area contributed by atoms with E-state index in [2.05, 4.69) is 4.74 Å². The first-order valence-corrected chi connectivity index (χ1v) is 10.5. The number of hydrogen-bond donors (Lipinski definition) is 2. The molecule has 6 atom stereocenters. The zero-order valence-electron chi connectivity index (χ0n) is 14.9. The number of rotatable bonds is 6. The van der Waals surface area contributed by atoms with E-state index in [0.717, 1.165) is 12.8 Å². The molecule has 4 bridgehead atoms. The van der Waals surface area contributed by atoms with Gasteiger partial charge in [-0.1, -0.05) is 13.8 Å². The predicted molar refractivity (Wildman–Crippen MR) is 87.8 cm³/mol. The predicted octanol–water partition coefficient (Wildman–Crippen LogP) is 2.47. The van der Waals surface area contributed by atoms with E-state index in [4.69, 9.17) is 4.55 Å². The molecule has 4 fully saturated rings. The maximum absolute atomic E-state index is 13.4. The fourth-order valence-electron chi connectivity index (χ4n) is 5.69. The molecule has 4 aliphatic carbocycles. The first-order valence-electron chi connectivity index (χ1n) is 9.09. The molecular formula is C17H26F2O6S. The van der Waals surface area contributed by atoms with Gasteiger partial charge >= 0.3 is 21.3 Å². The van der Waals surface area contributed by atoms with Crippen LogP contribution in [0.5, 0.6) is 0 Å². The van der Waals surface area contributed by atoms with Crippen molar-refractivity contribution in [3.63, 3.8) is 0 Å². The molecule has 0 saturated heterocycles. The van der Waals surface area contributed by atoms with Gasteiger partial charge in [0.2, 0.25) is 0 Å². The molecule has 2 N–H and O–H groups in total. The second kappa shape index (κ2) is 6.38. The van der Waals surface area contributed by atoms with E-state index >= 15 is 0 Å². The number of esters is 1. The first kappa shape index (κ1) is 19.9. The average molecular weight is 396 g/mol. The molecule has 0 aliphatic heterocycles. The van der Waals surface area contributed by atoms with Gasteiger partial charge in [-0.2, -0.15) is 17.2 Å². The molecule has 150 valence electrons. The van der Waals surface area contributed by atoms with Gasteiger partial charge in [0.05, 0.1) is 11.5 Å². The Labute approximate surface area is 152 Å². The van der Waals surface area contributed by atoms with Crippen LogP contribution in [0.15, 0.2) is 0 Å². The minimum atomic E-state index is -5.65. The average Bonchev–Trinajstić information content (AvgIpc) is 2.48. The Kier molecular flexibility index (Phi) is 4.89. The van der Waals surface area contributed by atoms with Crippen molar-refractivity contribution in [3.05, 3.63) is 0 Å². The topological polar surface area (TPSA) is 101 Å². The SMILES string of the molecule is CC(C)CC1(O)C2CC3CC(C2)C(C(=O)OCC(F)(F)S(=O)(=O)O)C1C3. The lowest BCUT2D eigenvalue weighted by Gasteiger charge is -2.62. The molecule has 4 rings (SSSR count). The van der Waals surface area contributed by atoms with Crippen LogP contribution in [-0.4, -0.2) is 41.5 Å². The molecule has 0 amide bonds. The Morgan fingerprint density at radius 3 is 2.50 bits per heavy atom. The molecule has 4 saturated carbocycles. The number of aliphatic hydroxyl groups is 1. The highest BCUT2D eigenvalue weighted by molar-refractivity contribution is 7.86. The third-order valence-corrected chi connectivity index (χ3v) is 7.36. The Morgan fingerprint density at radius 2 is 1.92 bits per heavy atom. The number of ether oxygens (including phenoxy) is 1. The summed E-state index contributed by atoms with van der Waals surface area (Å²) in [6.07, 6.45) is 3.58. The van der Waals surface area contributed by atoms with Gasteiger partial charge in [0, 0.05) is 5.92 Å². The summed E-state index contributed by atoms with van der Waals surface area (Å²) in [6, 6.07) is 0. The summed E-state index contributed by atoms with van der Waals surface area (Å²) in [5, 5.41) is 6.81. The molecule has 0 aromatic carbocycles. The Bertz CT molecular complexity index is 679. The van der Waals surface area contributed by atoms with Crippen molar-refractivity contribution < 1.29 is 36.4 Å². The maximum Gasteiger partial charge on any atom is 0.402 e. The number of alkyl halides is 2. The quantitative estimate of drug-likeness (QED) is 0.528. The lowest BCUT2D eigenvalue weighted by atomic mass is 9.45. The smallest absolute Gasteiger partial charge is 0.402 e. The summed E-state index contributed by atoms with van der Waals surface area (Å²) in [5.41, 5.74) is -1.02. The molecule has 6 unspecified atom stereocenters. The lowest BCUT2D eigenvalue weighted by molar-refractivity contribution is -0.219. The fraction of sp³-hybridized carbons (Fsp3) is 0.941. The van der Waals surface area contributed by atoms with Crippen molar-refractivity contribution in [3.8, 4) is 0 Å². The van der Waals surface area contributed by atoms with Crippen molar-refractivity contribution in [2.75, 3.05) is 6.61 Å². The molecule has 0 spiro atoms. The van der Waals surface area contributed by atoms with Crippen LogP contribution in [0.25, 0.3) is 0 Å². The summed E-state index contributed by atoms with van der Waals surface area (Å²) in [5.74, 6) is -1.23. The summed E-state index contributed by atoms with van der Waals surface area (Å²) in [7, 11) is -5.65. The van der Waals surface area contributed by atoms with E-state index in [1.165, 1.54) is 0 Å². The van der Waals surface area contributed by atoms with Crippen LogP contribution >= 0.6 is 0 Å². The van der Waals surface area contributed by atoms with Crippen molar-refractivity contribution >= 4 is 16.1 Å². The van der Waals surface area contributed by atoms with Gasteiger partial charge in [0.1, 0.15) is 0 Å². The van der Waals surface area contributed by atoms with Crippen molar-refractivity contribution in [2.45, 2.75) is 56.8 Å². The highest BCUT2D eigenvalue weighted by atomic mass is 32.2. The van der Waals surface area contributed by atoms with Crippen LogP contribution in [0.3, 0.4) is 0 Å². The monoisotopic (exact) mass is 396 g/mol. The highest BCUT2D eigenvalue weighted by Crippen LogP contribution is 2.62. The Morgan fingerprint density at radius 1 is 1.27 bits per heavy atom. The fourth-order valence-corrected chi connectivity index (χ4v) is 5.89. The number of hydrogen-bond acceptors (Lipinski definition) is 5. The number of halogens is 2. The number of carbonyl (C=O) groups excluding carboxylic acids is 1. The second-order valence-electron chi connectivity index (χ2n) is 8.71. The molecule has 0 radical (unpaired) electrons. The third-order valence-electron chi connectivity index (χ3n) is 6.49. The van der Waals surface area contributed by atoms with Crippen LogP contribution in [-0.2, 0) is 19.6 Å². The van der Waals surface area contributed by atoms with E-state index in [-0.39, 0.29) is 23.7 Å². The van der Waals surface area contributed by atoms with Gasteiger partial charge in [0.15, 0.2) is 6.61 Å². The molecule has 0 aromatic rings. The molecule has 6 nitrogen and oxygen atoms in total. The van der Waals surface area contributed by atoms with Gasteiger partial charge in [-0.05, 0) is 55.8 Å². The third kappa shape index (κ3) is 3.26. The summed E-state index contributed by atoms with van der Waals surface area (Å²) in [4.78, 5) is 12.5. The molecule has 0 aromatic heterocycles. The van der Waals surface area contributed by atoms with E-state index in [0.29, 0.717) is 25.2 Å². The van der Waals surface area contributed by atoms with Crippen molar-refractivity contribution in [1.82, 2.24) is 0 Å². The lowest BCUT2D eigenvalue weighted by Crippen LogP contribution is -2.63. The van der Waals surface area contributed by atoms with Crippen LogP contribution in [0.1, 0.15) is 46.0 Å². The summed E-state index contributed by atoms with van der Waals surface area (Å²) < 4.78 is 61.3. The van der Waals surface area contributed by atoms with Crippen LogP contribution in [0, 0.1) is 35.5 Å². The van der Waals surface area contributed by atoms with Crippen LogP contribution in [0.2, 0.25) is 0 Å². The van der Waals surface area contributed by atoms with E-state index in [1.807, 2.05) is 13.8 Å². The van der Waals surface area contributed by atoms with Gasteiger partial charge < -0.3 is 9.84 Å². The molecule has 26 heavy (non-hydrogen) atoms. The van der Waals surface area contributed by atoms with Crippen LogP contribution < -0.4 is 0 Å². The molecular weight excluding hydrogens is 370 g/mol.